The molecule has 0 radical (unpaired) electrons. The normalized spacial score (nSPS) is 15.1. The summed E-state index contributed by atoms with van der Waals surface area (Å²) in [6.45, 7) is 5.12. The zero-order valence-electron chi connectivity index (χ0n) is 11.5. The van der Waals surface area contributed by atoms with E-state index < -0.39 is 0 Å². The van der Waals surface area contributed by atoms with Crippen LogP contribution in [0.4, 0.5) is 0 Å². The molecule has 0 bridgehead atoms. The molecule has 0 saturated carbocycles. The fourth-order valence-electron chi connectivity index (χ4n) is 2.91. The molecular weight excluding hydrogens is 270 g/mol. The Hall–Kier alpha value is -1.63. The molecule has 1 aliphatic rings. The van der Waals surface area contributed by atoms with Crippen molar-refractivity contribution in [3.8, 4) is 6.07 Å². The van der Waals surface area contributed by atoms with Crippen molar-refractivity contribution < 1.29 is 0 Å². The van der Waals surface area contributed by atoms with Gasteiger partial charge in [0.2, 0.25) is 0 Å². The largest absolute Gasteiger partial charge is 0.299 e. The number of nitriles is 1. The fourth-order valence-corrected chi connectivity index (χ4v) is 3.08. The first-order valence-corrected chi connectivity index (χ1v) is 7.30. The van der Waals surface area contributed by atoms with Gasteiger partial charge in [0.05, 0.1) is 18.0 Å². The highest BCUT2D eigenvalue weighted by atomic mass is 35.5. The Morgan fingerprint density at radius 2 is 2.30 bits per heavy atom. The first-order chi connectivity index (χ1) is 9.72. The van der Waals surface area contributed by atoms with Crippen LogP contribution in [0.5, 0.6) is 0 Å². The van der Waals surface area contributed by atoms with Gasteiger partial charge in [0.25, 0.3) is 0 Å². The van der Waals surface area contributed by atoms with Crippen molar-refractivity contribution in [2.24, 2.45) is 0 Å². The van der Waals surface area contributed by atoms with E-state index in [4.69, 9.17) is 21.8 Å². The molecule has 1 aliphatic heterocycles. The predicted molar refractivity (Wildman–Crippen MR) is 80.7 cm³/mol. The third-order valence-electron chi connectivity index (χ3n) is 4.00. The van der Waals surface area contributed by atoms with Gasteiger partial charge in [-0.25, -0.2) is 0 Å². The van der Waals surface area contributed by atoms with E-state index in [1.165, 1.54) is 5.56 Å². The van der Waals surface area contributed by atoms with Gasteiger partial charge in [-0.1, -0.05) is 18.5 Å². The summed E-state index contributed by atoms with van der Waals surface area (Å²) in [7, 11) is 0. The molecule has 0 fully saturated rings. The molecule has 0 unspecified atom stereocenters. The molecule has 102 valence electrons. The number of likely N-dealkylation sites (N-methyl/N-ethyl adjacent to an activating group) is 1. The van der Waals surface area contributed by atoms with Crippen LogP contribution in [0.3, 0.4) is 0 Å². The monoisotopic (exact) mass is 285 g/mol. The summed E-state index contributed by atoms with van der Waals surface area (Å²) in [4.78, 5) is 7.16. The van der Waals surface area contributed by atoms with E-state index in [9.17, 15) is 0 Å². The Labute approximate surface area is 123 Å². The summed E-state index contributed by atoms with van der Waals surface area (Å²) < 4.78 is 0. The summed E-state index contributed by atoms with van der Waals surface area (Å²) in [6, 6.07) is 8.03. The minimum Gasteiger partial charge on any atom is -0.299 e. The van der Waals surface area contributed by atoms with Crippen molar-refractivity contribution in [1.82, 2.24) is 9.88 Å². The third kappa shape index (κ3) is 2.26. The highest BCUT2D eigenvalue weighted by Gasteiger charge is 2.21. The molecule has 0 saturated heterocycles. The fraction of sp³-hybridized carbons (Fsp3) is 0.375. The van der Waals surface area contributed by atoms with E-state index in [-0.39, 0.29) is 0 Å². The molecule has 0 N–H and O–H groups in total. The highest BCUT2D eigenvalue weighted by molar-refractivity contribution is 6.31. The number of nitrogens with zero attached hydrogens (tertiary/aromatic N) is 3. The zero-order chi connectivity index (χ0) is 14.1. The van der Waals surface area contributed by atoms with Crippen molar-refractivity contribution in [2.45, 2.75) is 26.3 Å². The first kappa shape index (κ1) is 13.4. The third-order valence-corrected chi connectivity index (χ3v) is 4.24. The smallest absolute Gasteiger partial charge is 0.0709 e. The maximum atomic E-state index is 9.16. The van der Waals surface area contributed by atoms with Crippen LogP contribution in [0.25, 0.3) is 10.9 Å². The minimum atomic E-state index is 0.416. The van der Waals surface area contributed by atoms with Crippen LogP contribution >= 0.6 is 11.6 Å². The maximum Gasteiger partial charge on any atom is 0.0709 e. The van der Waals surface area contributed by atoms with Crippen molar-refractivity contribution in [3.05, 3.63) is 40.0 Å². The summed E-state index contributed by atoms with van der Waals surface area (Å²) in [5.41, 5.74) is 4.43. The van der Waals surface area contributed by atoms with Crippen LogP contribution in [0.1, 0.15) is 23.7 Å². The van der Waals surface area contributed by atoms with Gasteiger partial charge in [-0.05, 0) is 35.9 Å². The van der Waals surface area contributed by atoms with Gasteiger partial charge in [0, 0.05) is 35.6 Å². The van der Waals surface area contributed by atoms with Crippen LogP contribution < -0.4 is 0 Å². The predicted octanol–water partition coefficient (Wildman–Crippen LogP) is 3.33. The quantitative estimate of drug-likeness (QED) is 0.850. The Kier molecular flexibility index (Phi) is 3.60. The van der Waals surface area contributed by atoms with Crippen LogP contribution in [0.2, 0.25) is 5.02 Å². The van der Waals surface area contributed by atoms with Crippen molar-refractivity contribution in [2.75, 3.05) is 13.1 Å². The minimum absolute atomic E-state index is 0.416. The highest BCUT2D eigenvalue weighted by Crippen LogP contribution is 2.30. The van der Waals surface area contributed by atoms with Gasteiger partial charge < -0.3 is 0 Å². The number of benzene rings is 1. The van der Waals surface area contributed by atoms with Crippen molar-refractivity contribution in [3.63, 3.8) is 0 Å². The average Bonchev–Trinajstić information content (AvgIpc) is 2.47. The topological polar surface area (TPSA) is 39.9 Å². The second-order valence-electron chi connectivity index (χ2n) is 5.13. The molecule has 0 aliphatic carbocycles. The lowest BCUT2D eigenvalue weighted by Gasteiger charge is -2.29. The lowest BCUT2D eigenvalue weighted by atomic mass is 9.94. The van der Waals surface area contributed by atoms with Crippen LogP contribution in [0, 0.1) is 11.3 Å². The molecule has 4 heteroatoms. The Morgan fingerprint density at radius 3 is 3.05 bits per heavy atom. The van der Waals surface area contributed by atoms with Crippen molar-refractivity contribution in [1.29, 1.82) is 5.26 Å². The van der Waals surface area contributed by atoms with Gasteiger partial charge in [0.15, 0.2) is 0 Å². The van der Waals surface area contributed by atoms with E-state index in [0.717, 1.165) is 48.2 Å². The molecule has 3 rings (SSSR count). The molecule has 0 atom stereocenters. The second kappa shape index (κ2) is 5.40. The lowest BCUT2D eigenvalue weighted by Crippen LogP contribution is -2.31. The SMILES string of the molecule is CCN1CCc2nc3ccc(Cl)cc3c(CC#N)c2C1. The molecule has 20 heavy (non-hydrogen) atoms. The molecule has 1 aromatic heterocycles. The van der Waals surface area contributed by atoms with E-state index in [1.54, 1.807) is 0 Å². The zero-order valence-corrected chi connectivity index (χ0v) is 12.2. The number of pyridine rings is 1. The average molecular weight is 286 g/mol. The van der Waals surface area contributed by atoms with Gasteiger partial charge >= 0.3 is 0 Å². The molecule has 2 aromatic rings. The summed E-state index contributed by atoms with van der Waals surface area (Å²) in [5.74, 6) is 0. The molecular formula is C16H16ClN3. The van der Waals surface area contributed by atoms with Crippen LogP contribution in [0.15, 0.2) is 18.2 Å². The second-order valence-corrected chi connectivity index (χ2v) is 5.57. The van der Waals surface area contributed by atoms with Crippen LogP contribution in [-0.2, 0) is 19.4 Å². The van der Waals surface area contributed by atoms with Gasteiger partial charge in [0.1, 0.15) is 0 Å². The summed E-state index contributed by atoms with van der Waals surface area (Å²) in [6.07, 6.45) is 1.37. The number of hydrogen-bond acceptors (Lipinski definition) is 3. The number of hydrogen-bond donors (Lipinski definition) is 0. The number of rotatable bonds is 2. The molecule has 1 aromatic carbocycles. The molecule has 0 amide bonds. The lowest BCUT2D eigenvalue weighted by molar-refractivity contribution is 0.265. The Bertz CT molecular complexity index is 703. The number of halogens is 1. The van der Waals surface area contributed by atoms with E-state index >= 15 is 0 Å². The number of aromatic nitrogens is 1. The Balaban J connectivity index is 2.24. The van der Waals surface area contributed by atoms with E-state index in [1.807, 2.05) is 18.2 Å². The number of fused-ring (bicyclic) bond motifs is 2. The standard InChI is InChI=1S/C16H16ClN3/c1-2-20-8-6-16-14(10-20)12(5-7-18)13-9-11(17)3-4-15(13)19-16/h3-4,9H,2,5-6,8,10H2,1H3. The molecule has 3 nitrogen and oxygen atoms in total. The molecule has 0 spiro atoms. The summed E-state index contributed by atoms with van der Waals surface area (Å²) >= 11 is 6.11. The van der Waals surface area contributed by atoms with Crippen LogP contribution in [-0.4, -0.2) is 23.0 Å². The first-order valence-electron chi connectivity index (χ1n) is 6.92. The van der Waals surface area contributed by atoms with Gasteiger partial charge in [-0.15, -0.1) is 0 Å². The molecule has 2 heterocycles. The van der Waals surface area contributed by atoms with Gasteiger partial charge in [-0.2, -0.15) is 5.26 Å². The van der Waals surface area contributed by atoms with Crippen molar-refractivity contribution >= 4 is 22.5 Å². The summed E-state index contributed by atoms with van der Waals surface area (Å²) in [5, 5.41) is 10.9. The Morgan fingerprint density at radius 1 is 1.45 bits per heavy atom. The van der Waals surface area contributed by atoms with Gasteiger partial charge in [-0.3, -0.25) is 9.88 Å². The maximum absolute atomic E-state index is 9.16. The van der Waals surface area contributed by atoms with E-state index in [2.05, 4.69) is 17.9 Å². The van der Waals surface area contributed by atoms with E-state index in [0.29, 0.717) is 11.4 Å².